The quantitative estimate of drug-likeness (QED) is 0.393. The number of halogens is 4. The molecule has 122 valence electrons. The molecule has 1 unspecified atom stereocenters. The highest BCUT2D eigenvalue weighted by atomic mass is 127. The zero-order valence-corrected chi connectivity index (χ0v) is 14.7. The van der Waals surface area contributed by atoms with Gasteiger partial charge < -0.3 is 4.74 Å². The van der Waals surface area contributed by atoms with Crippen molar-refractivity contribution in [3.63, 3.8) is 0 Å². The second-order valence-electron chi connectivity index (χ2n) is 5.32. The first-order valence-corrected chi connectivity index (χ1v) is 8.08. The lowest BCUT2D eigenvalue weighted by molar-refractivity contribution is -0.137. The summed E-state index contributed by atoms with van der Waals surface area (Å²) in [4.78, 5) is 0. The first-order chi connectivity index (χ1) is 10.8. The van der Waals surface area contributed by atoms with Gasteiger partial charge >= 0.3 is 6.18 Å². The van der Waals surface area contributed by atoms with Crippen molar-refractivity contribution in [2.24, 2.45) is 0 Å². The largest absolute Gasteiger partial charge is 0.484 e. The Kier molecular flexibility index (Phi) is 5.73. The van der Waals surface area contributed by atoms with E-state index in [9.17, 15) is 13.2 Å². The van der Waals surface area contributed by atoms with Crippen molar-refractivity contribution < 1.29 is 17.9 Å². The van der Waals surface area contributed by atoms with Crippen LogP contribution in [0, 0.1) is 3.57 Å². The van der Waals surface area contributed by atoms with Crippen LogP contribution in [0.2, 0.25) is 0 Å². The van der Waals surface area contributed by atoms with E-state index in [-0.39, 0.29) is 6.10 Å². The summed E-state index contributed by atoms with van der Waals surface area (Å²) in [7, 11) is 0. The Balaban J connectivity index is 2.28. The lowest BCUT2D eigenvalue weighted by Crippen LogP contribution is -2.10. The monoisotopic (exact) mass is 432 g/mol. The summed E-state index contributed by atoms with van der Waals surface area (Å²) in [5.74, 6) is 0.708. The van der Waals surface area contributed by atoms with Crippen LogP contribution in [0.4, 0.5) is 13.2 Å². The van der Waals surface area contributed by atoms with Crippen molar-refractivity contribution in [3.05, 3.63) is 75.4 Å². The fourth-order valence-corrected chi connectivity index (χ4v) is 2.64. The van der Waals surface area contributed by atoms with Crippen LogP contribution in [-0.2, 0) is 6.18 Å². The van der Waals surface area contributed by atoms with Gasteiger partial charge in [-0.2, -0.15) is 13.2 Å². The summed E-state index contributed by atoms with van der Waals surface area (Å²) in [5.41, 5.74) is 0.936. The smallest absolute Gasteiger partial charge is 0.416 e. The Morgan fingerprint density at radius 3 is 2.26 bits per heavy atom. The van der Waals surface area contributed by atoms with Crippen LogP contribution >= 0.6 is 22.6 Å². The zero-order chi connectivity index (χ0) is 17.0. The molecule has 5 heteroatoms. The van der Waals surface area contributed by atoms with E-state index < -0.39 is 11.7 Å². The maximum Gasteiger partial charge on any atom is 0.416 e. The topological polar surface area (TPSA) is 9.23 Å². The predicted octanol–water partition coefficient (Wildman–Crippen LogP) is 6.40. The van der Waals surface area contributed by atoms with E-state index in [1.165, 1.54) is 12.1 Å². The molecule has 0 N–H and O–H groups in total. The van der Waals surface area contributed by atoms with Crippen molar-refractivity contribution in [1.29, 1.82) is 0 Å². The Hall–Kier alpha value is -1.50. The molecule has 0 aliphatic carbocycles. The van der Waals surface area contributed by atoms with Crippen molar-refractivity contribution in [2.45, 2.75) is 25.6 Å². The Bertz CT molecular complexity index is 677. The van der Waals surface area contributed by atoms with Gasteiger partial charge in [0.1, 0.15) is 11.9 Å². The highest BCUT2D eigenvalue weighted by Crippen LogP contribution is 2.33. The normalized spacial score (nSPS) is 12.7. The molecule has 0 saturated heterocycles. The number of hydrogen-bond acceptors (Lipinski definition) is 1. The van der Waals surface area contributed by atoms with E-state index in [4.69, 9.17) is 4.74 Å². The lowest BCUT2D eigenvalue weighted by atomic mass is 10.0. The molecule has 1 nitrogen and oxygen atoms in total. The SMILES string of the molecule is C=C(C)CC(Oc1ccccc1I)c1ccc(C(F)(F)F)cc1. The van der Waals surface area contributed by atoms with Crippen LogP contribution in [0.25, 0.3) is 0 Å². The molecule has 2 aromatic carbocycles. The third-order valence-corrected chi connectivity index (χ3v) is 4.14. The van der Waals surface area contributed by atoms with Gasteiger partial charge in [-0.25, -0.2) is 0 Å². The van der Waals surface area contributed by atoms with Crippen LogP contribution in [0.3, 0.4) is 0 Å². The van der Waals surface area contributed by atoms with E-state index >= 15 is 0 Å². The Labute approximate surface area is 147 Å². The van der Waals surface area contributed by atoms with Gasteiger partial charge in [0.15, 0.2) is 0 Å². The van der Waals surface area contributed by atoms with Gasteiger partial charge in [0.2, 0.25) is 0 Å². The third kappa shape index (κ3) is 4.99. The minimum Gasteiger partial charge on any atom is -0.484 e. The average Bonchev–Trinajstić information content (AvgIpc) is 2.47. The molecule has 0 bridgehead atoms. The number of benzene rings is 2. The minimum atomic E-state index is -4.34. The van der Waals surface area contributed by atoms with E-state index in [2.05, 4.69) is 29.2 Å². The van der Waals surface area contributed by atoms with Gasteiger partial charge in [0, 0.05) is 6.42 Å². The Morgan fingerprint density at radius 2 is 1.74 bits per heavy atom. The van der Waals surface area contributed by atoms with Crippen LogP contribution < -0.4 is 4.74 Å². The van der Waals surface area contributed by atoms with Crippen LogP contribution in [0.1, 0.15) is 30.6 Å². The summed E-state index contributed by atoms with van der Waals surface area (Å²) >= 11 is 2.17. The molecule has 23 heavy (non-hydrogen) atoms. The van der Waals surface area contributed by atoms with Crippen LogP contribution in [-0.4, -0.2) is 0 Å². The zero-order valence-electron chi connectivity index (χ0n) is 12.5. The van der Waals surface area contributed by atoms with Gasteiger partial charge in [0.25, 0.3) is 0 Å². The molecule has 0 fully saturated rings. The minimum absolute atomic E-state index is 0.370. The Morgan fingerprint density at radius 1 is 1.13 bits per heavy atom. The first-order valence-electron chi connectivity index (χ1n) is 7.00. The van der Waals surface area contributed by atoms with Crippen molar-refractivity contribution in [2.75, 3.05) is 0 Å². The van der Waals surface area contributed by atoms with Crippen molar-refractivity contribution >= 4 is 22.6 Å². The number of ether oxygens (including phenoxy) is 1. The molecule has 0 spiro atoms. The molecule has 0 aromatic heterocycles. The fourth-order valence-electron chi connectivity index (χ4n) is 2.12. The molecular weight excluding hydrogens is 416 g/mol. The number of para-hydroxylation sites is 1. The van der Waals surface area contributed by atoms with Crippen molar-refractivity contribution in [3.8, 4) is 5.75 Å². The third-order valence-electron chi connectivity index (χ3n) is 3.25. The van der Waals surface area contributed by atoms with E-state index in [0.29, 0.717) is 17.7 Å². The lowest BCUT2D eigenvalue weighted by Gasteiger charge is -2.21. The molecule has 0 heterocycles. The second-order valence-corrected chi connectivity index (χ2v) is 6.48. The number of rotatable bonds is 5. The van der Waals surface area contributed by atoms with Gasteiger partial charge in [-0.1, -0.05) is 36.4 Å². The molecule has 0 aliphatic heterocycles. The second kappa shape index (κ2) is 7.38. The summed E-state index contributed by atoms with van der Waals surface area (Å²) in [6.45, 7) is 5.75. The number of hydrogen-bond donors (Lipinski definition) is 0. The van der Waals surface area contributed by atoms with Gasteiger partial charge in [0.05, 0.1) is 9.13 Å². The van der Waals surface area contributed by atoms with E-state index in [0.717, 1.165) is 21.3 Å². The van der Waals surface area contributed by atoms with E-state index in [1.807, 2.05) is 31.2 Å². The maximum absolute atomic E-state index is 12.7. The van der Waals surface area contributed by atoms with Crippen molar-refractivity contribution in [1.82, 2.24) is 0 Å². The number of alkyl halides is 3. The van der Waals surface area contributed by atoms with Gasteiger partial charge in [-0.3, -0.25) is 0 Å². The summed E-state index contributed by atoms with van der Waals surface area (Å²) in [6.07, 6.45) is -4.17. The first kappa shape index (κ1) is 17.8. The maximum atomic E-state index is 12.7. The van der Waals surface area contributed by atoms with Crippen LogP contribution in [0.5, 0.6) is 5.75 Å². The molecule has 2 rings (SSSR count). The molecule has 0 amide bonds. The highest BCUT2D eigenvalue weighted by Gasteiger charge is 2.30. The van der Waals surface area contributed by atoms with Gasteiger partial charge in [-0.15, -0.1) is 0 Å². The molecule has 0 saturated carbocycles. The molecule has 2 aromatic rings. The summed E-state index contributed by atoms with van der Waals surface area (Å²) in [5, 5.41) is 0. The van der Waals surface area contributed by atoms with E-state index in [1.54, 1.807) is 0 Å². The molecule has 0 aliphatic rings. The average molecular weight is 432 g/mol. The molecular formula is C18H16F3IO. The predicted molar refractivity (Wildman–Crippen MR) is 93.4 cm³/mol. The molecule has 1 atom stereocenters. The summed E-state index contributed by atoms with van der Waals surface area (Å²) < 4.78 is 45.0. The van der Waals surface area contributed by atoms with Crippen LogP contribution in [0.15, 0.2) is 60.7 Å². The highest BCUT2D eigenvalue weighted by molar-refractivity contribution is 14.1. The molecule has 0 radical (unpaired) electrons. The van der Waals surface area contributed by atoms with Gasteiger partial charge in [-0.05, 0) is 59.3 Å². The standard InChI is InChI=1S/C18H16F3IO/c1-12(2)11-17(23-16-6-4-3-5-15(16)22)13-7-9-14(10-8-13)18(19,20)21/h3-10,17H,1,11H2,2H3. The summed E-state index contributed by atoms with van der Waals surface area (Å²) in [6, 6.07) is 12.6. The fraction of sp³-hybridized carbons (Fsp3) is 0.222.